The van der Waals surface area contributed by atoms with E-state index in [0.717, 1.165) is 26.1 Å². The van der Waals surface area contributed by atoms with E-state index in [1.165, 1.54) is 103 Å². The topological polar surface area (TPSA) is 26.7 Å². The van der Waals surface area contributed by atoms with Gasteiger partial charge in [-0.15, -0.1) is 0 Å². The van der Waals surface area contributed by atoms with Crippen LogP contribution in [-0.4, -0.2) is 41.0 Å². The summed E-state index contributed by atoms with van der Waals surface area (Å²) in [7, 11) is 0. The molecular formula is C25H50N2O. The van der Waals surface area contributed by atoms with E-state index in [9.17, 15) is 5.21 Å². The Hall–Kier alpha value is -0.380. The van der Waals surface area contributed by atoms with Crippen LogP contribution in [0.3, 0.4) is 0 Å². The zero-order valence-corrected chi connectivity index (χ0v) is 19.2. The first-order valence-corrected chi connectivity index (χ1v) is 12.6. The van der Waals surface area contributed by atoms with Crippen molar-refractivity contribution in [3.63, 3.8) is 0 Å². The molecule has 1 aliphatic heterocycles. The minimum Gasteiger partial charge on any atom is -0.312 e. The molecular weight excluding hydrogens is 344 g/mol. The van der Waals surface area contributed by atoms with E-state index in [4.69, 9.17) is 0 Å². The Bertz CT molecular complexity index is 358. The van der Waals surface area contributed by atoms with Crippen molar-refractivity contribution >= 4 is 0 Å². The van der Waals surface area contributed by atoms with E-state index in [2.05, 4.69) is 30.9 Å². The summed E-state index contributed by atoms with van der Waals surface area (Å²) in [6.45, 7) is 7.52. The van der Waals surface area contributed by atoms with Gasteiger partial charge in [0.15, 0.2) is 0 Å². The van der Waals surface area contributed by atoms with Crippen LogP contribution in [0.15, 0.2) is 12.2 Å². The minimum absolute atomic E-state index is 0.281. The van der Waals surface area contributed by atoms with E-state index in [1.807, 2.05) is 0 Å². The molecule has 0 aromatic carbocycles. The molecule has 0 aromatic rings. The fraction of sp³-hybridized carbons (Fsp3) is 0.920. The highest BCUT2D eigenvalue weighted by Gasteiger charge is 2.29. The number of hydrogen-bond acceptors (Lipinski definition) is 3. The lowest BCUT2D eigenvalue weighted by molar-refractivity contribution is -0.127. The fourth-order valence-corrected chi connectivity index (χ4v) is 4.25. The Labute approximate surface area is 176 Å². The van der Waals surface area contributed by atoms with Crippen LogP contribution in [0.5, 0.6) is 0 Å². The lowest BCUT2D eigenvalue weighted by atomic mass is 10.1. The maximum Gasteiger partial charge on any atom is 0.0866 e. The van der Waals surface area contributed by atoms with Gasteiger partial charge in [0.2, 0.25) is 0 Å². The molecule has 0 amide bonds. The Morgan fingerprint density at radius 3 is 1.82 bits per heavy atom. The van der Waals surface area contributed by atoms with Crippen LogP contribution in [0.1, 0.15) is 123 Å². The quantitative estimate of drug-likeness (QED) is 0.181. The summed E-state index contributed by atoms with van der Waals surface area (Å²) < 4.78 is 0. The van der Waals surface area contributed by atoms with Gasteiger partial charge in [0.05, 0.1) is 6.17 Å². The molecule has 1 heterocycles. The first-order valence-electron chi connectivity index (χ1n) is 12.6. The van der Waals surface area contributed by atoms with Gasteiger partial charge in [-0.3, -0.25) is 4.90 Å². The van der Waals surface area contributed by atoms with Gasteiger partial charge >= 0.3 is 0 Å². The highest BCUT2D eigenvalue weighted by atomic mass is 16.5. The zero-order valence-electron chi connectivity index (χ0n) is 19.2. The first kappa shape index (κ1) is 25.7. The predicted molar refractivity (Wildman–Crippen MR) is 123 cm³/mol. The molecule has 166 valence electrons. The van der Waals surface area contributed by atoms with Crippen molar-refractivity contribution in [1.29, 1.82) is 0 Å². The largest absolute Gasteiger partial charge is 0.312 e. The molecule has 3 heteroatoms. The van der Waals surface area contributed by atoms with Crippen molar-refractivity contribution in [3.05, 3.63) is 12.2 Å². The summed E-state index contributed by atoms with van der Waals surface area (Å²) in [5, 5.41) is 11.6. The average molecular weight is 395 g/mol. The third-order valence-electron chi connectivity index (χ3n) is 6.15. The summed E-state index contributed by atoms with van der Waals surface area (Å²) in [6.07, 6.45) is 27.7. The van der Waals surface area contributed by atoms with Crippen LogP contribution < -0.4 is 0 Å². The van der Waals surface area contributed by atoms with Gasteiger partial charge in [0.1, 0.15) is 0 Å². The van der Waals surface area contributed by atoms with Gasteiger partial charge in [-0.1, -0.05) is 96.6 Å². The molecule has 0 aromatic heterocycles. The summed E-state index contributed by atoms with van der Waals surface area (Å²) >= 11 is 0. The molecule has 1 rings (SSSR count). The Balaban J connectivity index is 1.86. The van der Waals surface area contributed by atoms with Crippen molar-refractivity contribution in [1.82, 2.24) is 9.96 Å². The molecule has 3 nitrogen and oxygen atoms in total. The standard InChI is InChI=1S/C25H50N2O/c1-3-5-7-8-9-10-11-12-13-14-15-16-17-18-19-20-21-25-26(22-6-4-2)23-24-27(25)28/h12-13,25,28H,3-11,14-24H2,1-2H3/b13-12-. The monoisotopic (exact) mass is 394 g/mol. The van der Waals surface area contributed by atoms with E-state index in [1.54, 1.807) is 5.06 Å². The molecule has 0 bridgehead atoms. The normalized spacial score (nSPS) is 18.6. The molecule has 1 aliphatic rings. The van der Waals surface area contributed by atoms with Crippen LogP contribution in [0.4, 0.5) is 0 Å². The van der Waals surface area contributed by atoms with Crippen molar-refractivity contribution in [3.8, 4) is 0 Å². The molecule has 0 radical (unpaired) electrons. The molecule has 1 unspecified atom stereocenters. The van der Waals surface area contributed by atoms with Gasteiger partial charge in [0.25, 0.3) is 0 Å². The van der Waals surface area contributed by atoms with Crippen LogP contribution >= 0.6 is 0 Å². The third-order valence-corrected chi connectivity index (χ3v) is 6.15. The molecule has 0 saturated carbocycles. The molecule has 1 atom stereocenters. The van der Waals surface area contributed by atoms with Crippen LogP contribution in [0, 0.1) is 0 Å². The lowest BCUT2D eigenvalue weighted by Gasteiger charge is -2.26. The second-order valence-electron chi connectivity index (χ2n) is 8.76. The van der Waals surface area contributed by atoms with Gasteiger partial charge in [-0.05, 0) is 45.1 Å². The number of hydrogen-bond donors (Lipinski definition) is 1. The van der Waals surface area contributed by atoms with Gasteiger partial charge < -0.3 is 5.21 Å². The Kier molecular flexibility index (Phi) is 17.1. The number of rotatable bonds is 19. The second-order valence-corrected chi connectivity index (χ2v) is 8.76. The fourth-order valence-electron chi connectivity index (χ4n) is 4.25. The Morgan fingerprint density at radius 1 is 0.679 bits per heavy atom. The highest BCUT2D eigenvalue weighted by molar-refractivity contribution is 4.81. The zero-order chi connectivity index (χ0) is 20.3. The van der Waals surface area contributed by atoms with Crippen molar-refractivity contribution in [2.24, 2.45) is 0 Å². The van der Waals surface area contributed by atoms with Crippen molar-refractivity contribution in [2.45, 2.75) is 129 Å². The minimum atomic E-state index is 0.281. The maximum absolute atomic E-state index is 10.1. The Morgan fingerprint density at radius 2 is 1.21 bits per heavy atom. The molecule has 1 N–H and O–H groups in total. The van der Waals surface area contributed by atoms with E-state index in [-0.39, 0.29) is 6.17 Å². The summed E-state index contributed by atoms with van der Waals surface area (Å²) in [5.41, 5.74) is 0. The SMILES string of the molecule is CCCCCCCC/C=C\CCCCCCCCC1N(O)CCN1CCCC. The summed E-state index contributed by atoms with van der Waals surface area (Å²) in [4.78, 5) is 2.47. The smallest absolute Gasteiger partial charge is 0.0866 e. The maximum atomic E-state index is 10.1. The number of allylic oxidation sites excluding steroid dienone is 2. The lowest BCUT2D eigenvalue weighted by Crippen LogP contribution is -2.37. The third kappa shape index (κ3) is 13.0. The van der Waals surface area contributed by atoms with Crippen molar-refractivity contribution in [2.75, 3.05) is 19.6 Å². The number of nitrogens with zero attached hydrogens (tertiary/aromatic N) is 2. The number of unbranched alkanes of at least 4 members (excludes halogenated alkanes) is 13. The van der Waals surface area contributed by atoms with Crippen LogP contribution in [-0.2, 0) is 0 Å². The van der Waals surface area contributed by atoms with E-state index >= 15 is 0 Å². The van der Waals surface area contributed by atoms with E-state index in [0.29, 0.717) is 0 Å². The summed E-state index contributed by atoms with van der Waals surface area (Å²) in [5.74, 6) is 0. The number of hydroxylamine groups is 2. The second kappa shape index (κ2) is 18.6. The van der Waals surface area contributed by atoms with E-state index < -0.39 is 0 Å². The van der Waals surface area contributed by atoms with Crippen LogP contribution in [0.2, 0.25) is 0 Å². The van der Waals surface area contributed by atoms with Crippen LogP contribution in [0.25, 0.3) is 0 Å². The van der Waals surface area contributed by atoms with Crippen molar-refractivity contribution < 1.29 is 5.21 Å². The predicted octanol–water partition coefficient (Wildman–Crippen LogP) is 7.55. The molecule has 0 aliphatic carbocycles. The van der Waals surface area contributed by atoms with Gasteiger partial charge in [0, 0.05) is 13.1 Å². The van der Waals surface area contributed by atoms with Gasteiger partial charge in [-0.25, -0.2) is 0 Å². The molecule has 1 fully saturated rings. The highest BCUT2D eigenvalue weighted by Crippen LogP contribution is 2.20. The van der Waals surface area contributed by atoms with Gasteiger partial charge in [-0.2, -0.15) is 5.06 Å². The first-order chi connectivity index (χ1) is 13.8. The molecule has 28 heavy (non-hydrogen) atoms. The average Bonchev–Trinajstić information content (AvgIpc) is 3.05. The molecule has 0 spiro atoms. The molecule has 1 saturated heterocycles. The summed E-state index contributed by atoms with van der Waals surface area (Å²) in [6, 6.07) is 0.